The summed E-state index contributed by atoms with van der Waals surface area (Å²) in [5.74, 6) is 0.748. The van der Waals surface area contributed by atoms with E-state index in [2.05, 4.69) is 59.4 Å². The van der Waals surface area contributed by atoms with Gasteiger partial charge in [-0.15, -0.1) is 0 Å². The first-order valence-corrected chi connectivity index (χ1v) is 10.4. The normalized spacial score (nSPS) is 16.0. The number of hydrogen-bond donors (Lipinski definition) is 1. The van der Waals surface area contributed by atoms with E-state index in [4.69, 9.17) is 4.42 Å². The molecular formula is C26H21N3O2. The van der Waals surface area contributed by atoms with Crippen LogP contribution in [0.3, 0.4) is 0 Å². The van der Waals surface area contributed by atoms with Gasteiger partial charge >= 0.3 is 0 Å². The van der Waals surface area contributed by atoms with Crippen molar-refractivity contribution in [1.82, 2.24) is 9.47 Å². The molecule has 5 aromatic rings. The van der Waals surface area contributed by atoms with Crippen molar-refractivity contribution in [3.05, 3.63) is 102 Å². The van der Waals surface area contributed by atoms with Crippen LogP contribution in [0.5, 0.6) is 0 Å². The van der Waals surface area contributed by atoms with Crippen LogP contribution in [0.25, 0.3) is 21.8 Å². The van der Waals surface area contributed by atoms with Crippen LogP contribution in [0, 0.1) is 0 Å². The van der Waals surface area contributed by atoms with Crippen LogP contribution in [0.1, 0.15) is 27.8 Å². The highest BCUT2D eigenvalue weighted by molar-refractivity contribution is 6.10. The fourth-order valence-corrected chi connectivity index (χ4v) is 4.74. The number of aryl methyl sites for hydroxylation is 1. The fraction of sp³-hybridized carbons (Fsp3) is 0.115. The molecule has 0 saturated carbocycles. The molecule has 6 rings (SSSR count). The Labute approximate surface area is 179 Å². The van der Waals surface area contributed by atoms with Crippen molar-refractivity contribution >= 4 is 33.4 Å². The Hall–Kier alpha value is -3.99. The van der Waals surface area contributed by atoms with Crippen LogP contribution in [0.2, 0.25) is 0 Å². The van der Waals surface area contributed by atoms with E-state index in [1.165, 1.54) is 10.9 Å². The van der Waals surface area contributed by atoms with Crippen LogP contribution in [-0.4, -0.2) is 15.4 Å². The first kappa shape index (κ1) is 17.8. The van der Waals surface area contributed by atoms with Crippen molar-refractivity contribution in [2.45, 2.75) is 12.7 Å². The van der Waals surface area contributed by atoms with Crippen molar-refractivity contribution in [2.24, 2.45) is 7.05 Å². The van der Waals surface area contributed by atoms with E-state index in [-0.39, 0.29) is 12.1 Å². The number of nitrogens with zero attached hydrogens (tertiary/aromatic N) is 2. The summed E-state index contributed by atoms with van der Waals surface area (Å²) in [5.41, 5.74) is 4.92. The van der Waals surface area contributed by atoms with Crippen LogP contribution >= 0.6 is 0 Å². The summed E-state index contributed by atoms with van der Waals surface area (Å²) in [6.45, 7) is 0.388. The molecule has 3 aromatic carbocycles. The van der Waals surface area contributed by atoms with Gasteiger partial charge in [0.25, 0.3) is 5.91 Å². The molecule has 0 bridgehead atoms. The van der Waals surface area contributed by atoms with Crippen LogP contribution in [0.4, 0.5) is 5.69 Å². The lowest BCUT2D eigenvalue weighted by Gasteiger charge is -2.38. The minimum Gasteiger partial charge on any atom is -0.467 e. The summed E-state index contributed by atoms with van der Waals surface area (Å²) in [6.07, 6.45) is 1.33. The van der Waals surface area contributed by atoms with E-state index >= 15 is 0 Å². The number of carbonyl (C=O) groups is 1. The molecule has 5 nitrogen and oxygen atoms in total. The Balaban J connectivity index is 1.59. The van der Waals surface area contributed by atoms with Crippen LogP contribution in [-0.2, 0) is 13.6 Å². The third-order valence-electron chi connectivity index (χ3n) is 6.19. The Morgan fingerprint density at radius 2 is 1.71 bits per heavy atom. The minimum atomic E-state index is -0.318. The van der Waals surface area contributed by atoms with Crippen molar-refractivity contribution in [3.63, 3.8) is 0 Å². The second kappa shape index (κ2) is 6.77. The molecule has 31 heavy (non-hydrogen) atoms. The lowest BCUT2D eigenvalue weighted by Crippen LogP contribution is -2.42. The summed E-state index contributed by atoms with van der Waals surface area (Å²) >= 11 is 0. The van der Waals surface area contributed by atoms with Gasteiger partial charge in [-0.3, -0.25) is 4.79 Å². The average Bonchev–Trinajstić information content (AvgIpc) is 3.43. The molecule has 1 aliphatic heterocycles. The topological polar surface area (TPSA) is 50.4 Å². The van der Waals surface area contributed by atoms with Gasteiger partial charge in [-0.25, -0.2) is 0 Å². The van der Waals surface area contributed by atoms with Crippen molar-refractivity contribution in [2.75, 3.05) is 5.32 Å². The summed E-state index contributed by atoms with van der Waals surface area (Å²) in [6, 6.07) is 26.2. The molecule has 152 valence electrons. The lowest BCUT2D eigenvalue weighted by atomic mass is 9.99. The van der Waals surface area contributed by atoms with Crippen LogP contribution in [0.15, 0.2) is 89.5 Å². The van der Waals surface area contributed by atoms with E-state index in [1.54, 1.807) is 6.26 Å². The van der Waals surface area contributed by atoms with Gasteiger partial charge in [0.2, 0.25) is 0 Å². The maximum Gasteiger partial charge on any atom is 0.258 e. The Bertz CT molecular complexity index is 1430. The third kappa shape index (κ3) is 2.66. The molecule has 0 spiro atoms. The molecule has 0 fully saturated rings. The molecular weight excluding hydrogens is 386 g/mol. The number of para-hydroxylation sites is 2. The number of hydrogen-bond acceptors (Lipinski definition) is 3. The quantitative estimate of drug-likeness (QED) is 0.418. The van der Waals surface area contributed by atoms with Gasteiger partial charge in [-0.05, 0) is 36.4 Å². The number of furan rings is 1. The molecule has 5 heteroatoms. The van der Waals surface area contributed by atoms with Gasteiger partial charge in [0.05, 0.1) is 18.4 Å². The molecule has 1 aliphatic rings. The zero-order chi connectivity index (χ0) is 20.9. The molecule has 1 unspecified atom stereocenters. The number of benzene rings is 3. The number of nitrogens with one attached hydrogen (secondary N) is 1. The fourth-order valence-electron chi connectivity index (χ4n) is 4.74. The highest BCUT2D eigenvalue weighted by Crippen LogP contribution is 2.39. The maximum atomic E-state index is 13.6. The summed E-state index contributed by atoms with van der Waals surface area (Å²) < 4.78 is 7.80. The maximum absolute atomic E-state index is 13.6. The van der Waals surface area contributed by atoms with Gasteiger partial charge in [0.1, 0.15) is 11.9 Å². The lowest BCUT2D eigenvalue weighted by molar-refractivity contribution is 0.0653. The van der Waals surface area contributed by atoms with E-state index in [1.807, 2.05) is 41.3 Å². The van der Waals surface area contributed by atoms with E-state index in [0.717, 1.165) is 27.9 Å². The number of aromatic nitrogens is 1. The predicted octanol–water partition coefficient (Wildman–Crippen LogP) is 5.69. The number of carbonyl (C=O) groups excluding carboxylic acids is 1. The zero-order valence-corrected chi connectivity index (χ0v) is 17.1. The van der Waals surface area contributed by atoms with Gasteiger partial charge in [0.15, 0.2) is 0 Å². The van der Waals surface area contributed by atoms with E-state index in [0.29, 0.717) is 12.1 Å². The Morgan fingerprint density at radius 1 is 0.903 bits per heavy atom. The van der Waals surface area contributed by atoms with Crippen molar-refractivity contribution < 1.29 is 9.21 Å². The third-order valence-corrected chi connectivity index (χ3v) is 6.19. The average molecular weight is 407 g/mol. The van der Waals surface area contributed by atoms with Crippen molar-refractivity contribution in [1.29, 1.82) is 0 Å². The molecule has 1 N–H and O–H groups in total. The molecule has 0 saturated heterocycles. The summed E-state index contributed by atoms with van der Waals surface area (Å²) in [5, 5.41) is 5.97. The number of fused-ring (bicyclic) bond motifs is 4. The first-order valence-electron chi connectivity index (χ1n) is 10.4. The molecule has 0 radical (unpaired) electrons. The van der Waals surface area contributed by atoms with E-state index < -0.39 is 0 Å². The molecule has 2 aromatic heterocycles. The number of rotatable bonds is 3. The zero-order valence-electron chi connectivity index (χ0n) is 17.1. The van der Waals surface area contributed by atoms with E-state index in [9.17, 15) is 4.79 Å². The second-order valence-electron chi connectivity index (χ2n) is 7.92. The number of amides is 1. The minimum absolute atomic E-state index is 0.00649. The Morgan fingerprint density at radius 3 is 2.58 bits per heavy atom. The smallest absolute Gasteiger partial charge is 0.258 e. The first-order chi connectivity index (χ1) is 15.2. The highest BCUT2D eigenvalue weighted by Gasteiger charge is 2.34. The molecule has 0 aliphatic carbocycles. The van der Waals surface area contributed by atoms with Crippen molar-refractivity contribution in [3.8, 4) is 0 Å². The van der Waals surface area contributed by atoms with Gasteiger partial charge in [-0.1, -0.05) is 42.5 Å². The largest absolute Gasteiger partial charge is 0.467 e. The van der Waals surface area contributed by atoms with Gasteiger partial charge < -0.3 is 19.2 Å². The summed E-state index contributed by atoms with van der Waals surface area (Å²) in [7, 11) is 2.09. The summed E-state index contributed by atoms with van der Waals surface area (Å²) in [4.78, 5) is 15.4. The highest BCUT2D eigenvalue weighted by atomic mass is 16.3. The Kier molecular flexibility index (Phi) is 3.90. The SMILES string of the molecule is Cn1c2ccccc2c2c(C3Nc4ccccc4C(=O)N3Cc3ccco3)cccc21. The van der Waals surface area contributed by atoms with Gasteiger partial charge in [0, 0.05) is 40.1 Å². The second-order valence-corrected chi connectivity index (χ2v) is 7.92. The standard InChI is InChI=1S/C26H21N3O2/c1-28-22-13-5-3-10-19(22)24-20(11-6-14-23(24)28)25-27-21-12-4-2-9-18(21)26(30)29(25)16-17-8-7-15-31-17/h2-15,25,27H,16H2,1H3. The molecule has 1 amide bonds. The van der Waals surface area contributed by atoms with Crippen LogP contribution < -0.4 is 5.32 Å². The number of anilines is 1. The predicted molar refractivity (Wildman–Crippen MR) is 122 cm³/mol. The van der Waals surface area contributed by atoms with Gasteiger partial charge in [-0.2, -0.15) is 0 Å². The molecule has 3 heterocycles. The molecule has 1 atom stereocenters. The monoisotopic (exact) mass is 407 g/mol.